The molecule has 2 aromatic rings. The van der Waals surface area contributed by atoms with Gasteiger partial charge in [-0.2, -0.15) is 0 Å². The van der Waals surface area contributed by atoms with Gasteiger partial charge in [-0.25, -0.2) is 9.69 Å². The maximum Gasteiger partial charge on any atom is 0.343 e. The van der Waals surface area contributed by atoms with Gasteiger partial charge in [-0.1, -0.05) is 30.4 Å². The molecular formula is C25H21NO4. The number of nitrogens with zero attached hydrogens (tertiary/aromatic N) is 1. The van der Waals surface area contributed by atoms with Gasteiger partial charge in [0.2, 0.25) is 11.8 Å². The van der Waals surface area contributed by atoms with E-state index in [2.05, 4.69) is 12.2 Å². The Morgan fingerprint density at radius 3 is 2.27 bits per heavy atom. The fourth-order valence-electron chi connectivity index (χ4n) is 5.83. The highest BCUT2D eigenvalue weighted by Crippen LogP contribution is 2.65. The molecule has 0 radical (unpaired) electrons. The van der Waals surface area contributed by atoms with Crippen molar-refractivity contribution in [3.8, 4) is 5.75 Å². The predicted molar refractivity (Wildman–Crippen MR) is 110 cm³/mol. The average molecular weight is 399 g/mol. The van der Waals surface area contributed by atoms with Gasteiger partial charge in [0.15, 0.2) is 0 Å². The molecule has 6 atom stereocenters. The zero-order valence-corrected chi connectivity index (χ0v) is 16.5. The Morgan fingerprint density at radius 1 is 0.933 bits per heavy atom. The summed E-state index contributed by atoms with van der Waals surface area (Å²) in [6.07, 6.45) is 5.45. The maximum atomic E-state index is 13.3. The molecule has 4 aliphatic carbocycles. The lowest BCUT2D eigenvalue weighted by molar-refractivity contribution is -0.124. The van der Waals surface area contributed by atoms with E-state index in [0.29, 0.717) is 28.8 Å². The Morgan fingerprint density at radius 2 is 1.60 bits per heavy atom. The number of hydrogen-bond donors (Lipinski definition) is 0. The molecule has 7 rings (SSSR count). The number of carbonyl (C=O) groups excluding carboxylic acids is 3. The van der Waals surface area contributed by atoms with Crippen molar-refractivity contribution in [1.29, 1.82) is 0 Å². The van der Waals surface area contributed by atoms with Gasteiger partial charge in [-0.15, -0.1) is 0 Å². The van der Waals surface area contributed by atoms with Crippen molar-refractivity contribution in [2.45, 2.75) is 13.3 Å². The van der Waals surface area contributed by atoms with Crippen LogP contribution in [0.5, 0.6) is 5.75 Å². The number of benzene rings is 2. The molecule has 1 aliphatic heterocycles. The summed E-state index contributed by atoms with van der Waals surface area (Å²) >= 11 is 0. The fourth-order valence-corrected chi connectivity index (χ4v) is 5.83. The number of ether oxygens (including phenoxy) is 1. The Hall–Kier alpha value is -3.21. The minimum absolute atomic E-state index is 0.126. The smallest absolute Gasteiger partial charge is 0.343 e. The summed E-state index contributed by atoms with van der Waals surface area (Å²) in [6.45, 7) is 1.92. The van der Waals surface area contributed by atoms with E-state index >= 15 is 0 Å². The summed E-state index contributed by atoms with van der Waals surface area (Å²) in [5.41, 5.74) is 1.76. The Balaban J connectivity index is 1.29. The highest BCUT2D eigenvalue weighted by atomic mass is 16.5. The van der Waals surface area contributed by atoms with Crippen molar-refractivity contribution in [2.75, 3.05) is 4.90 Å². The first-order valence-corrected chi connectivity index (χ1v) is 10.5. The van der Waals surface area contributed by atoms with Crippen LogP contribution in [-0.2, 0) is 9.59 Å². The summed E-state index contributed by atoms with van der Waals surface area (Å²) in [4.78, 5) is 40.5. The molecular weight excluding hydrogens is 378 g/mol. The second kappa shape index (κ2) is 6.14. The lowest BCUT2D eigenvalue weighted by Gasteiger charge is -2.37. The normalized spacial score (nSPS) is 32.8. The van der Waals surface area contributed by atoms with E-state index in [1.807, 2.05) is 19.1 Å². The van der Waals surface area contributed by atoms with Crippen molar-refractivity contribution < 1.29 is 19.1 Å². The first kappa shape index (κ1) is 17.6. The molecule has 1 heterocycles. The molecule has 3 fully saturated rings. The molecule has 2 amide bonds. The number of rotatable bonds is 3. The van der Waals surface area contributed by atoms with E-state index in [4.69, 9.17) is 4.74 Å². The first-order chi connectivity index (χ1) is 14.5. The Labute approximate surface area is 174 Å². The van der Waals surface area contributed by atoms with Gasteiger partial charge in [-0.05, 0) is 72.9 Å². The standard InChI is InChI=1S/C25H21NO4/c1-13-4-2-7-16(10-13)30-25(29)14-5-3-6-15(11-14)26-23(27)21-17-8-9-18(20-12-19(17)20)22(21)24(26)28/h2-11,17-22H,12H2,1H3/t17-,18+,19-,20-,21+,22+/m1/s1. The van der Waals surface area contributed by atoms with Gasteiger partial charge in [0.25, 0.3) is 0 Å². The highest BCUT2D eigenvalue weighted by Gasteiger charge is 2.67. The van der Waals surface area contributed by atoms with Crippen molar-refractivity contribution in [2.24, 2.45) is 35.5 Å². The van der Waals surface area contributed by atoms with Crippen molar-refractivity contribution >= 4 is 23.5 Å². The van der Waals surface area contributed by atoms with Gasteiger partial charge in [0, 0.05) is 0 Å². The van der Waals surface area contributed by atoms with Crippen molar-refractivity contribution in [3.63, 3.8) is 0 Å². The van der Waals surface area contributed by atoms with E-state index < -0.39 is 5.97 Å². The molecule has 2 aromatic carbocycles. The van der Waals surface area contributed by atoms with Crippen molar-refractivity contribution in [3.05, 3.63) is 71.8 Å². The zero-order chi connectivity index (χ0) is 20.6. The third-order valence-corrected chi connectivity index (χ3v) is 7.20. The van der Waals surface area contributed by atoms with E-state index in [9.17, 15) is 14.4 Å². The molecule has 0 unspecified atom stereocenters. The largest absolute Gasteiger partial charge is 0.423 e. The summed E-state index contributed by atoms with van der Waals surface area (Å²) in [7, 11) is 0. The number of carbonyl (C=O) groups is 3. The lowest BCUT2D eigenvalue weighted by atomic mass is 9.63. The number of esters is 1. The van der Waals surface area contributed by atoms with Crippen LogP contribution in [0.3, 0.4) is 0 Å². The van der Waals surface area contributed by atoms with Gasteiger partial charge >= 0.3 is 5.97 Å². The number of aryl methyl sites for hydroxylation is 1. The molecule has 0 spiro atoms. The summed E-state index contributed by atoms with van der Waals surface area (Å²) in [6, 6.07) is 13.9. The molecule has 150 valence electrons. The molecule has 1 saturated heterocycles. The molecule has 5 nitrogen and oxygen atoms in total. The fraction of sp³-hybridized carbons (Fsp3) is 0.320. The average Bonchev–Trinajstić information content (AvgIpc) is 3.52. The zero-order valence-electron chi connectivity index (χ0n) is 16.5. The SMILES string of the molecule is Cc1cccc(OC(=O)c2cccc(N3C(=O)[C@H]4[C@@H]5C=C[C@@H]([C@H]6C[C@H]56)[C@@H]4C3=O)c2)c1. The minimum Gasteiger partial charge on any atom is -0.423 e. The molecule has 2 saturated carbocycles. The Bertz CT molecular complexity index is 1100. The molecule has 30 heavy (non-hydrogen) atoms. The maximum absolute atomic E-state index is 13.3. The molecule has 0 N–H and O–H groups in total. The van der Waals surface area contributed by atoms with E-state index in [1.165, 1.54) is 4.90 Å². The highest BCUT2D eigenvalue weighted by molar-refractivity contribution is 6.23. The van der Waals surface area contributed by atoms with E-state index in [-0.39, 0.29) is 35.5 Å². The monoisotopic (exact) mass is 399 g/mol. The molecule has 0 aromatic heterocycles. The van der Waals surface area contributed by atoms with Crippen molar-refractivity contribution in [1.82, 2.24) is 0 Å². The van der Waals surface area contributed by atoms with E-state index in [1.54, 1.807) is 36.4 Å². The summed E-state index contributed by atoms with van der Waals surface area (Å²) < 4.78 is 5.47. The van der Waals surface area contributed by atoms with Crippen LogP contribution < -0.4 is 9.64 Å². The second-order valence-electron chi connectivity index (χ2n) is 8.92. The van der Waals surface area contributed by atoms with E-state index in [0.717, 1.165) is 12.0 Å². The van der Waals surface area contributed by atoms with Crippen LogP contribution in [0.4, 0.5) is 5.69 Å². The number of allylic oxidation sites excluding steroid dienone is 2. The number of hydrogen-bond acceptors (Lipinski definition) is 4. The number of amides is 2. The van der Waals surface area contributed by atoms with Crippen LogP contribution in [0, 0.1) is 42.4 Å². The number of anilines is 1. The van der Waals surface area contributed by atoms with Crippen LogP contribution in [0.25, 0.3) is 0 Å². The Kier molecular flexibility index (Phi) is 3.61. The third kappa shape index (κ3) is 2.44. The lowest BCUT2D eigenvalue weighted by Crippen LogP contribution is -2.40. The quantitative estimate of drug-likeness (QED) is 0.341. The first-order valence-electron chi connectivity index (χ1n) is 10.5. The van der Waals surface area contributed by atoms with Gasteiger partial charge in [0.1, 0.15) is 5.75 Å². The number of imide groups is 1. The predicted octanol–water partition coefficient (Wildman–Crippen LogP) is 3.77. The van der Waals surface area contributed by atoms with Gasteiger partial charge < -0.3 is 4.74 Å². The molecule has 5 heteroatoms. The third-order valence-electron chi connectivity index (χ3n) is 7.20. The molecule has 5 aliphatic rings. The second-order valence-corrected chi connectivity index (χ2v) is 8.92. The van der Waals surface area contributed by atoms with Gasteiger partial charge in [0.05, 0.1) is 23.1 Å². The van der Waals surface area contributed by atoms with Crippen LogP contribution in [0.2, 0.25) is 0 Å². The molecule has 2 bridgehead atoms. The van der Waals surface area contributed by atoms with Crippen LogP contribution in [0.1, 0.15) is 22.3 Å². The van der Waals surface area contributed by atoms with Crippen LogP contribution in [0.15, 0.2) is 60.7 Å². The summed E-state index contributed by atoms with van der Waals surface area (Å²) in [5.74, 6) is 0.689. The van der Waals surface area contributed by atoms with Crippen LogP contribution >= 0.6 is 0 Å². The minimum atomic E-state index is -0.512. The topological polar surface area (TPSA) is 63.7 Å². The van der Waals surface area contributed by atoms with Crippen LogP contribution in [-0.4, -0.2) is 17.8 Å². The summed E-state index contributed by atoms with van der Waals surface area (Å²) in [5, 5.41) is 0. The van der Waals surface area contributed by atoms with Gasteiger partial charge in [-0.3, -0.25) is 9.59 Å².